The molecule has 0 unspecified atom stereocenters. The van der Waals surface area contributed by atoms with E-state index in [-0.39, 0.29) is 17.4 Å². The van der Waals surface area contributed by atoms with Gasteiger partial charge in [-0.1, -0.05) is 25.1 Å². The van der Waals surface area contributed by atoms with E-state index in [0.29, 0.717) is 12.1 Å². The molecule has 3 aromatic rings. The molecular weight excluding hydrogens is 416 g/mol. The Bertz CT molecular complexity index is 1120. The lowest BCUT2D eigenvalue weighted by molar-refractivity contribution is 0.111. The molecule has 0 amide bonds. The summed E-state index contributed by atoms with van der Waals surface area (Å²) in [6.07, 6.45) is 3.49. The summed E-state index contributed by atoms with van der Waals surface area (Å²) < 4.78 is 7.06. The van der Waals surface area contributed by atoms with E-state index in [1.54, 1.807) is 30.1 Å². The summed E-state index contributed by atoms with van der Waals surface area (Å²) >= 11 is 0. The highest BCUT2D eigenvalue weighted by Crippen LogP contribution is 2.34. The summed E-state index contributed by atoms with van der Waals surface area (Å²) in [4.78, 5) is 22.7. The Hall–Kier alpha value is -3.16. The lowest BCUT2D eigenvalue weighted by Crippen LogP contribution is -2.48. The largest absolute Gasteiger partial charge is 0.507 e. The van der Waals surface area contributed by atoms with Gasteiger partial charge in [-0.15, -0.1) is 0 Å². The van der Waals surface area contributed by atoms with Crippen LogP contribution in [0.25, 0.3) is 0 Å². The van der Waals surface area contributed by atoms with Gasteiger partial charge in [0.05, 0.1) is 25.3 Å². The van der Waals surface area contributed by atoms with Gasteiger partial charge in [-0.25, -0.2) is 0 Å². The number of pyridine rings is 2. The summed E-state index contributed by atoms with van der Waals surface area (Å²) in [5, 5.41) is 11.0. The van der Waals surface area contributed by atoms with Crippen molar-refractivity contribution in [3.8, 4) is 11.5 Å². The number of aromatic nitrogens is 2. The van der Waals surface area contributed by atoms with E-state index < -0.39 is 0 Å². The van der Waals surface area contributed by atoms with E-state index in [4.69, 9.17) is 4.74 Å². The molecule has 1 aliphatic heterocycles. The molecule has 1 aliphatic rings. The molecule has 0 spiro atoms. The summed E-state index contributed by atoms with van der Waals surface area (Å²) in [5.41, 5.74) is 2.87. The molecule has 1 atom stereocenters. The highest BCUT2D eigenvalue weighted by atomic mass is 16.5. The molecule has 1 aromatic carbocycles. The van der Waals surface area contributed by atoms with Gasteiger partial charge in [-0.2, -0.15) is 0 Å². The Morgan fingerprint density at radius 2 is 1.85 bits per heavy atom. The Kier molecular flexibility index (Phi) is 7.11. The van der Waals surface area contributed by atoms with Gasteiger partial charge in [0.25, 0.3) is 5.56 Å². The highest BCUT2D eigenvalue weighted by molar-refractivity contribution is 5.42. The van der Waals surface area contributed by atoms with E-state index >= 15 is 0 Å². The third-order valence-corrected chi connectivity index (χ3v) is 6.51. The third-order valence-electron chi connectivity index (χ3n) is 6.51. The minimum absolute atomic E-state index is 0.0404. The summed E-state index contributed by atoms with van der Waals surface area (Å²) in [6.45, 7) is 8.93. The number of hydrogen-bond donors (Lipinski definition) is 1. The van der Waals surface area contributed by atoms with Crippen LogP contribution in [0.5, 0.6) is 11.5 Å². The van der Waals surface area contributed by atoms with Crippen LogP contribution in [0.15, 0.2) is 59.7 Å². The van der Waals surface area contributed by atoms with Crippen molar-refractivity contribution in [2.24, 2.45) is 0 Å². The van der Waals surface area contributed by atoms with Crippen molar-refractivity contribution >= 4 is 0 Å². The quantitative estimate of drug-likeness (QED) is 0.599. The Morgan fingerprint density at radius 1 is 1.12 bits per heavy atom. The summed E-state index contributed by atoms with van der Waals surface area (Å²) in [7, 11) is 1.64. The molecule has 1 N–H and O–H groups in total. The maximum atomic E-state index is 13.8. The SMILES string of the molecule is CCN1CCN([C@H](c2ccc(OC)cc2)c2c(O)cc(C)n(Cc3cccnc3)c2=O)CC1. The molecule has 4 rings (SSSR count). The average molecular weight is 449 g/mol. The van der Waals surface area contributed by atoms with E-state index in [0.717, 1.165) is 55.3 Å². The van der Waals surface area contributed by atoms with Crippen molar-refractivity contribution in [1.82, 2.24) is 19.4 Å². The lowest BCUT2D eigenvalue weighted by Gasteiger charge is -2.39. The Morgan fingerprint density at radius 3 is 2.45 bits per heavy atom. The Labute approximate surface area is 194 Å². The van der Waals surface area contributed by atoms with Gasteiger partial charge in [0, 0.05) is 44.3 Å². The number of aromatic hydroxyl groups is 1. The highest BCUT2D eigenvalue weighted by Gasteiger charge is 2.31. The van der Waals surface area contributed by atoms with Crippen LogP contribution in [0.2, 0.25) is 0 Å². The fourth-order valence-electron chi connectivity index (χ4n) is 4.58. The number of piperazine rings is 1. The van der Waals surface area contributed by atoms with Crippen molar-refractivity contribution in [1.29, 1.82) is 0 Å². The van der Waals surface area contributed by atoms with Crippen molar-refractivity contribution in [3.05, 3.63) is 87.6 Å². The van der Waals surface area contributed by atoms with E-state index in [1.165, 1.54) is 0 Å². The molecule has 2 aromatic heterocycles. The maximum absolute atomic E-state index is 13.8. The molecule has 7 heteroatoms. The van der Waals surface area contributed by atoms with Crippen molar-refractivity contribution in [2.45, 2.75) is 26.4 Å². The van der Waals surface area contributed by atoms with E-state index in [9.17, 15) is 9.90 Å². The molecule has 3 heterocycles. The molecule has 1 fully saturated rings. The molecule has 33 heavy (non-hydrogen) atoms. The molecule has 7 nitrogen and oxygen atoms in total. The number of rotatable bonds is 7. The number of ether oxygens (including phenoxy) is 1. The predicted molar refractivity (Wildman–Crippen MR) is 129 cm³/mol. The zero-order valence-electron chi connectivity index (χ0n) is 19.6. The van der Waals surface area contributed by atoms with Crippen LogP contribution in [-0.4, -0.2) is 64.3 Å². The first-order chi connectivity index (χ1) is 16.0. The molecule has 0 saturated carbocycles. The van der Waals surface area contributed by atoms with Crippen LogP contribution in [0, 0.1) is 6.92 Å². The van der Waals surface area contributed by atoms with Crippen molar-refractivity contribution in [2.75, 3.05) is 39.8 Å². The first-order valence-corrected chi connectivity index (χ1v) is 11.4. The van der Waals surface area contributed by atoms with E-state index in [2.05, 4.69) is 21.7 Å². The van der Waals surface area contributed by atoms with E-state index in [1.807, 2.05) is 43.3 Å². The molecule has 1 saturated heterocycles. The van der Waals surface area contributed by atoms with Crippen LogP contribution in [0.3, 0.4) is 0 Å². The number of methoxy groups -OCH3 is 1. The third kappa shape index (κ3) is 4.94. The van der Waals surface area contributed by atoms with Crippen LogP contribution in [-0.2, 0) is 6.54 Å². The zero-order chi connectivity index (χ0) is 23.4. The zero-order valence-corrected chi connectivity index (χ0v) is 19.6. The van der Waals surface area contributed by atoms with Crippen LogP contribution < -0.4 is 10.3 Å². The predicted octanol–water partition coefficient (Wildman–Crippen LogP) is 3.04. The van der Waals surface area contributed by atoms with Gasteiger partial charge in [0.15, 0.2) is 0 Å². The van der Waals surface area contributed by atoms with Gasteiger partial charge in [-0.05, 0) is 48.9 Å². The lowest BCUT2D eigenvalue weighted by atomic mass is 9.95. The monoisotopic (exact) mass is 448 g/mol. The number of nitrogens with zero attached hydrogens (tertiary/aromatic N) is 4. The number of likely N-dealkylation sites (N-methyl/N-ethyl adjacent to an activating group) is 1. The molecule has 174 valence electrons. The molecule has 0 aliphatic carbocycles. The topological polar surface area (TPSA) is 70.8 Å². The standard InChI is InChI=1S/C26H32N4O3/c1-4-28-12-14-29(15-13-28)25(21-7-9-22(33-3)10-8-21)24-23(31)16-19(2)30(26(24)32)18-20-6-5-11-27-17-20/h5-11,16-17,25,31H,4,12-15,18H2,1-3H3/t25-/m1/s1. The van der Waals surface area contributed by atoms with Gasteiger partial charge >= 0.3 is 0 Å². The van der Waals surface area contributed by atoms with Crippen molar-refractivity contribution in [3.63, 3.8) is 0 Å². The molecule has 0 radical (unpaired) electrons. The average Bonchev–Trinajstić information content (AvgIpc) is 2.85. The number of aryl methyl sites for hydroxylation is 1. The van der Waals surface area contributed by atoms with Crippen LogP contribution in [0.1, 0.15) is 35.3 Å². The second-order valence-corrected chi connectivity index (χ2v) is 8.48. The minimum Gasteiger partial charge on any atom is -0.507 e. The first kappa shape index (κ1) is 23.0. The summed E-state index contributed by atoms with van der Waals surface area (Å²) in [6, 6.07) is 13.0. The molecular formula is C26H32N4O3. The van der Waals surface area contributed by atoms with Gasteiger partial charge < -0.3 is 19.3 Å². The second kappa shape index (κ2) is 10.2. The smallest absolute Gasteiger partial charge is 0.259 e. The van der Waals surface area contributed by atoms with Crippen LogP contribution >= 0.6 is 0 Å². The maximum Gasteiger partial charge on any atom is 0.259 e. The normalized spacial score (nSPS) is 16.0. The van der Waals surface area contributed by atoms with Crippen LogP contribution in [0.4, 0.5) is 0 Å². The fraction of sp³-hybridized carbons (Fsp3) is 0.385. The minimum atomic E-state index is -0.344. The van der Waals surface area contributed by atoms with Gasteiger partial charge in [0.2, 0.25) is 0 Å². The second-order valence-electron chi connectivity index (χ2n) is 8.48. The molecule has 0 bridgehead atoms. The number of benzene rings is 1. The first-order valence-electron chi connectivity index (χ1n) is 11.4. The van der Waals surface area contributed by atoms with Crippen molar-refractivity contribution < 1.29 is 9.84 Å². The Balaban J connectivity index is 1.80. The number of hydrogen-bond acceptors (Lipinski definition) is 6. The van der Waals surface area contributed by atoms with Gasteiger partial charge in [-0.3, -0.25) is 14.7 Å². The fourth-order valence-corrected chi connectivity index (χ4v) is 4.58. The summed E-state index contributed by atoms with van der Waals surface area (Å²) in [5.74, 6) is 0.800. The van der Waals surface area contributed by atoms with Gasteiger partial charge in [0.1, 0.15) is 11.5 Å².